The number of rotatable bonds is 5. The Bertz CT molecular complexity index is 328. The van der Waals surface area contributed by atoms with Crippen molar-refractivity contribution in [2.45, 2.75) is 12.8 Å². The van der Waals surface area contributed by atoms with Gasteiger partial charge in [0.05, 0.1) is 5.75 Å². The van der Waals surface area contributed by atoms with Crippen LogP contribution in [0, 0.1) is 5.92 Å². The highest BCUT2D eigenvalue weighted by Crippen LogP contribution is 2.18. The first-order valence-corrected chi connectivity index (χ1v) is 6.53. The van der Waals surface area contributed by atoms with Crippen molar-refractivity contribution < 1.29 is 18.3 Å². The maximum absolute atomic E-state index is 10.7. The first kappa shape index (κ1) is 12.4. The quantitative estimate of drug-likeness (QED) is 0.642. The second kappa shape index (κ2) is 4.91. The Balaban J connectivity index is 2.28. The largest absolute Gasteiger partial charge is 0.481 e. The monoisotopic (exact) mass is 236 g/mol. The maximum Gasteiger partial charge on any atom is 0.303 e. The van der Waals surface area contributed by atoms with Crippen LogP contribution in [0.15, 0.2) is 0 Å². The number of nitrogens with two attached hydrogens (primary N) is 1. The van der Waals surface area contributed by atoms with Gasteiger partial charge in [0.2, 0.25) is 10.0 Å². The molecule has 0 aliphatic carbocycles. The molecule has 1 aliphatic rings. The minimum atomic E-state index is -3.41. The lowest BCUT2D eigenvalue weighted by Crippen LogP contribution is -2.30. The fourth-order valence-electron chi connectivity index (χ4n) is 1.79. The Morgan fingerprint density at radius 1 is 1.53 bits per heavy atom. The molecule has 0 spiro atoms. The molecule has 88 valence electrons. The number of hydrogen-bond donors (Lipinski definition) is 2. The highest BCUT2D eigenvalue weighted by Gasteiger charge is 2.24. The number of carboxylic acids is 1. The first-order valence-electron chi connectivity index (χ1n) is 4.81. The van der Waals surface area contributed by atoms with Gasteiger partial charge in [-0.3, -0.25) is 4.79 Å². The lowest BCUT2D eigenvalue weighted by atomic mass is 10.1. The molecule has 0 aromatic carbocycles. The van der Waals surface area contributed by atoms with E-state index in [0.29, 0.717) is 13.1 Å². The van der Waals surface area contributed by atoms with Crippen LogP contribution in [0.4, 0.5) is 0 Å². The van der Waals surface area contributed by atoms with Gasteiger partial charge in [-0.25, -0.2) is 13.6 Å². The van der Waals surface area contributed by atoms with Crippen LogP contribution >= 0.6 is 0 Å². The van der Waals surface area contributed by atoms with Gasteiger partial charge in [0.25, 0.3) is 0 Å². The number of likely N-dealkylation sites (tertiary alicyclic amines) is 1. The number of nitrogens with zero attached hydrogens (tertiary/aromatic N) is 1. The molecule has 1 atom stereocenters. The van der Waals surface area contributed by atoms with E-state index in [1.165, 1.54) is 0 Å². The Morgan fingerprint density at radius 2 is 2.20 bits per heavy atom. The number of carboxylic acid groups (broad SMARTS) is 1. The van der Waals surface area contributed by atoms with Gasteiger partial charge in [0, 0.05) is 19.5 Å². The summed E-state index contributed by atoms with van der Waals surface area (Å²) in [6.07, 6.45) is 0.975. The molecule has 15 heavy (non-hydrogen) atoms. The summed E-state index contributed by atoms with van der Waals surface area (Å²) < 4.78 is 21.4. The van der Waals surface area contributed by atoms with E-state index in [9.17, 15) is 13.2 Å². The molecule has 0 bridgehead atoms. The van der Waals surface area contributed by atoms with E-state index in [1.807, 2.05) is 4.90 Å². The molecule has 1 saturated heterocycles. The van der Waals surface area contributed by atoms with Gasteiger partial charge < -0.3 is 10.0 Å². The van der Waals surface area contributed by atoms with Crippen LogP contribution in [-0.4, -0.2) is 49.8 Å². The summed E-state index contributed by atoms with van der Waals surface area (Å²) in [5.74, 6) is -0.719. The fourth-order valence-corrected chi connectivity index (χ4v) is 2.30. The molecule has 1 fully saturated rings. The third kappa shape index (κ3) is 5.10. The van der Waals surface area contributed by atoms with Crippen molar-refractivity contribution in [1.29, 1.82) is 0 Å². The number of aliphatic carboxylic acids is 1. The van der Waals surface area contributed by atoms with Crippen LogP contribution in [0.1, 0.15) is 12.8 Å². The van der Waals surface area contributed by atoms with Crippen LogP contribution in [0.2, 0.25) is 0 Å². The van der Waals surface area contributed by atoms with E-state index in [4.69, 9.17) is 10.2 Å². The molecule has 0 aromatic rings. The highest BCUT2D eigenvalue weighted by atomic mass is 32.2. The summed E-state index contributed by atoms with van der Waals surface area (Å²) in [5.41, 5.74) is 0. The summed E-state index contributed by atoms with van der Waals surface area (Å²) in [4.78, 5) is 12.4. The number of carbonyl (C=O) groups is 1. The minimum absolute atomic E-state index is 0.0627. The van der Waals surface area contributed by atoms with Crippen molar-refractivity contribution in [3.63, 3.8) is 0 Å². The Morgan fingerprint density at radius 3 is 2.73 bits per heavy atom. The molecule has 1 aliphatic heterocycles. The Kier molecular flexibility index (Phi) is 4.06. The molecule has 0 aromatic heterocycles. The molecular formula is C8H16N2O4S. The Labute approximate surface area is 89.1 Å². The zero-order chi connectivity index (χ0) is 11.5. The van der Waals surface area contributed by atoms with Gasteiger partial charge >= 0.3 is 5.97 Å². The van der Waals surface area contributed by atoms with E-state index in [1.54, 1.807) is 0 Å². The standard InChI is InChI=1S/C8H16N2O4S/c9-15(13,14)4-3-10-2-1-7(6-10)5-8(11)12/h7H,1-6H2,(H,11,12)(H2,9,13,14). The van der Waals surface area contributed by atoms with Crippen LogP contribution in [0.25, 0.3) is 0 Å². The molecular weight excluding hydrogens is 220 g/mol. The minimum Gasteiger partial charge on any atom is -0.481 e. The van der Waals surface area contributed by atoms with Crippen LogP contribution < -0.4 is 5.14 Å². The van der Waals surface area contributed by atoms with Crippen molar-refractivity contribution in [1.82, 2.24) is 4.90 Å². The van der Waals surface area contributed by atoms with Gasteiger partial charge in [-0.05, 0) is 18.9 Å². The first-order chi connectivity index (χ1) is 6.87. The highest BCUT2D eigenvalue weighted by molar-refractivity contribution is 7.89. The van der Waals surface area contributed by atoms with Crippen molar-refractivity contribution in [2.75, 3.05) is 25.4 Å². The topological polar surface area (TPSA) is 101 Å². The molecule has 7 heteroatoms. The van der Waals surface area contributed by atoms with Crippen molar-refractivity contribution in [2.24, 2.45) is 11.1 Å². The summed E-state index contributed by atoms with van der Waals surface area (Å²) in [7, 11) is -3.41. The van der Waals surface area contributed by atoms with Crippen LogP contribution in [0.5, 0.6) is 0 Å². The van der Waals surface area contributed by atoms with E-state index < -0.39 is 16.0 Å². The predicted molar refractivity (Wildman–Crippen MR) is 54.8 cm³/mol. The van der Waals surface area contributed by atoms with E-state index in [0.717, 1.165) is 13.0 Å². The normalized spacial score (nSPS) is 23.1. The molecule has 6 nitrogen and oxygen atoms in total. The van der Waals surface area contributed by atoms with Crippen molar-refractivity contribution >= 4 is 16.0 Å². The molecule has 1 unspecified atom stereocenters. The fraction of sp³-hybridized carbons (Fsp3) is 0.875. The molecule has 3 N–H and O–H groups in total. The van der Waals surface area contributed by atoms with Gasteiger partial charge in [0.15, 0.2) is 0 Å². The van der Waals surface area contributed by atoms with Gasteiger partial charge in [-0.2, -0.15) is 0 Å². The third-order valence-corrected chi connectivity index (χ3v) is 3.28. The SMILES string of the molecule is NS(=O)(=O)CCN1CCC(CC(=O)O)C1. The summed E-state index contributed by atoms with van der Waals surface area (Å²) in [6.45, 7) is 1.81. The number of sulfonamides is 1. The summed E-state index contributed by atoms with van der Waals surface area (Å²) >= 11 is 0. The lowest BCUT2D eigenvalue weighted by molar-refractivity contribution is -0.138. The van der Waals surface area contributed by atoms with E-state index in [-0.39, 0.29) is 18.1 Å². The Hall–Kier alpha value is -0.660. The van der Waals surface area contributed by atoms with Gasteiger partial charge in [-0.15, -0.1) is 0 Å². The van der Waals surface area contributed by atoms with Gasteiger partial charge in [0.1, 0.15) is 0 Å². The third-order valence-electron chi connectivity index (χ3n) is 2.53. The molecule has 1 heterocycles. The average molecular weight is 236 g/mol. The summed E-state index contributed by atoms with van der Waals surface area (Å²) in [6, 6.07) is 0. The summed E-state index contributed by atoms with van der Waals surface area (Å²) in [5, 5.41) is 13.5. The lowest BCUT2D eigenvalue weighted by Gasteiger charge is -2.14. The molecule has 0 saturated carbocycles. The second-order valence-electron chi connectivity index (χ2n) is 3.92. The van der Waals surface area contributed by atoms with E-state index in [2.05, 4.69) is 0 Å². The van der Waals surface area contributed by atoms with Crippen molar-refractivity contribution in [3.8, 4) is 0 Å². The average Bonchev–Trinajstić information content (AvgIpc) is 2.46. The van der Waals surface area contributed by atoms with E-state index >= 15 is 0 Å². The predicted octanol–water partition coefficient (Wildman–Crippen LogP) is -0.928. The van der Waals surface area contributed by atoms with Crippen LogP contribution in [-0.2, 0) is 14.8 Å². The zero-order valence-corrected chi connectivity index (χ0v) is 9.24. The second-order valence-corrected chi connectivity index (χ2v) is 5.65. The van der Waals surface area contributed by atoms with Crippen LogP contribution in [0.3, 0.4) is 0 Å². The molecule has 0 radical (unpaired) electrons. The smallest absolute Gasteiger partial charge is 0.303 e. The maximum atomic E-state index is 10.7. The number of primary sulfonamides is 1. The molecule has 0 amide bonds. The van der Waals surface area contributed by atoms with Crippen molar-refractivity contribution in [3.05, 3.63) is 0 Å². The number of hydrogen-bond acceptors (Lipinski definition) is 4. The molecule has 1 rings (SSSR count). The zero-order valence-electron chi connectivity index (χ0n) is 8.42. The van der Waals surface area contributed by atoms with Gasteiger partial charge in [-0.1, -0.05) is 0 Å².